The third-order valence-electron chi connectivity index (χ3n) is 0. The Morgan fingerprint density at radius 1 is 1.75 bits per heavy atom. The molecule has 0 aliphatic rings. The average molecular weight is 262 g/mol. The Morgan fingerprint density at radius 3 is 1.75 bits per heavy atom. The maximum absolute atomic E-state index is 8.32. The summed E-state index contributed by atoms with van der Waals surface area (Å²) in [6.07, 6.45) is 0. The van der Waals surface area contributed by atoms with E-state index >= 15 is 0 Å². The summed E-state index contributed by atoms with van der Waals surface area (Å²) < 4.78 is 1.72. The Morgan fingerprint density at radius 2 is 1.75 bits per heavy atom. The van der Waals surface area contributed by atoms with Gasteiger partial charge in [0.2, 0.25) is 0 Å². The Kier molecular flexibility index (Phi) is 20.8. The zero-order valence-corrected chi connectivity index (χ0v) is 4.46. The Balaban J connectivity index is 0. The number of hydrogen-bond acceptors (Lipinski definition) is 2. The van der Waals surface area contributed by atoms with E-state index in [0.29, 0.717) is 0 Å². The predicted molar refractivity (Wildman–Crippen MR) is 11.6 cm³/mol. The van der Waals surface area contributed by atoms with E-state index < -0.39 is 0 Å². The van der Waals surface area contributed by atoms with Crippen LogP contribution >= 0.6 is 11.8 Å². The van der Waals surface area contributed by atoms with Crippen LogP contribution in [0.25, 0.3) is 0 Å². The molecule has 0 spiro atoms. The van der Waals surface area contributed by atoms with E-state index in [0.717, 1.165) is 0 Å². The number of nitrogens with zero attached hydrogens (tertiary/aromatic N) is 1. The fourth-order valence-electron chi connectivity index (χ4n) is 0. The van der Waals surface area contributed by atoms with Gasteiger partial charge in [-0.05, 0) is 0 Å². The van der Waals surface area contributed by atoms with Crippen LogP contribution < -0.4 is 0 Å². The fraction of sp³-hybridized carbons (Fsp3) is 0. The van der Waals surface area contributed by atoms with Gasteiger partial charge in [-0.1, -0.05) is 0 Å². The molecule has 0 aromatic carbocycles. The minimum absolute atomic E-state index is 0. The molecular formula is AuClNO. The summed E-state index contributed by atoms with van der Waals surface area (Å²) in [5.74, 6) is 0. The standard InChI is InChI=1S/Au.ClNO/c;1-2-3. The molecule has 0 saturated heterocycles. The molecule has 0 unspecified atom stereocenters. The summed E-state index contributed by atoms with van der Waals surface area (Å²) in [6.45, 7) is 0. The molecule has 0 N–H and O–H groups in total. The van der Waals surface area contributed by atoms with Gasteiger partial charge in [-0.3, -0.25) is 0 Å². The van der Waals surface area contributed by atoms with Gasteiger partial charge in [-0.25, -0.2) is 0 Å². The molecule has 4 heteroatoms. The maximum atomic E-state index is 8.32. The molecule has 0 aliphatic heterocycles. The van der Waals surface area contributed by atoms with Crippen molar-refractivity contribution in [3.8, 4) is 0 Å². The molecule has 0 heterocycles. The monoisotopic (exact) mass is 262 g/mol. The van der Waals surface area contributed by atoms with Crippen LogP contribution in [0, 0.1) is 4.91 Å². The first-order valence-electron chi connectivity index (χ1n) is 0.352. The molecule has 0 amide bonds. The van der Waals surface area contributed by atoms with Gasteiger partial charge >= 0.3 is 0 Å². The van der Waals surface area contributed by atoms with Crippen LogP contribution in [0.4, 0.5) is 0 Å². The molecule has 0 saturated carbocycles. The average Bonchev–Trinajstić information content (AvgIpc) is 0.918. The fourth-order valence-corrected chi connectivity index (χ4v) is 0. The van der Waals surface area contributed by atoms with Gasteiger partial charge in [0.25, 0.3) is 0 Å². The molecule has 0 aliphatic carbocycles. The predicted octanol–water partition coefficient (Wildman–Crippen LogP) is 0.904. The van der Waals surface area contributed by atoms with E-state index in [4.69, 9.17) is 4.91 Å². The van der Waals surface area contributed by atoms with Crippen molar-refractivity contribution >= 4 is 11.8 Å². The minimum atomic E-state index is 0. The van der Waals surface area contributed by atoms with E-state index in [1.165, 1.54) is 0 Å². The van der Waals surface area contributed by atoms with Crippen molar-refractivity contribution in [2.24, 2.45) is 4.70 Å². The van der Waals surface area contributed by atoms with Crippen LogP contribution in [0.3, 0.4) is 0 Å². The van der Waals surface area contributed by atoms with Crippen molar-refractivity contribution in [3.63, 3.8) is 0 Å². The van der Waals surface area contributed by atoms with Crippen LogP contribution in [0.1, 0.15) is 0 Å². The van der Waals surface area contributed by atoms with Crippen LogP contribution in [-0.2, 0) is 22.4 Å². The van der Waals surface area contributed by atoms with E-state index in [1.807, 2.05) is 0 Å². The van der Waals surface area contributed by atoms with Crippen molar-refractivity contribution in [2.45, 2.75) is 0 Å². The van der Waals surface area contributed by atoms with Gasteiger partial charge in [0.15, 0.2) is 0 Å². The van der Waals surface area contributed by atoms with Gasteiger partial charge in [0, 0.05) is 27.1 Å². The number of rotatable bonds is 0. The molecule has 0 rings (SSSR count). The second-order valence-electron chi connectivity index (χ2n) is 0.0690. The van der Waals surface area contributed by atoms with Gasteiger partial charge in [-0.2, -0.15) is 0 Å². The molecule has 0 fully saturated rings. The largest absolute Gasteiger partial charge is 0.131 e. The summed E-state index contributed by atoms with van der Waals surface area (Å²) in [5, 5.41) is 0. The molecule has 0 atom stereocenters. The maximum Gasteiger partial charge on any atom is 0.0835 e. The van der Waals surface area contributed by atoms with Gasteiger partial charge in [-0.15, -0.1) is 4.91 Å². The minimum Gasteiger partial charge on any atom is -0.131 e. The Bertz CT molecular complexity index is 15.5. The third kappa shape index (κ3) is 17.6. The van der Waals surface area contributed by atoms with E-state index in [-0.39, 0.29) is 22.4 Å². The van der Waals surface area contributed by atoms with Gasteiger partial charge in [0.05, 0.1) is 11.8 Å². The first kappa shape index (κ1) is 8.82. The second kappa shape index (κ2) is 9.45. The second-order valence-corrected chi connectivity index (χ2v) is 0.207. The van der Waals surface area contributed by atoms with Crippen molar-refractivity contribution in [2.75, 3.05) is 0 Å². The molecule has 2 nitrogen and oxygen atoms in total. The van der Waals surface area contributed by atoms with Crippen molar-refractivity contribution in [1.29, 1.82) is 0 Å². The summed E-state index contributed by atoms with van der Waals surface area (Å²) in [4.78, 5) is 8.32. The van der Waals surface area contributed by atoms with Crippen LogP contribution in [0.2, 0.25) is 0 Å². The van der Waals surface area contributed by atoms with Gasteiger partial charge < -0.3 is 0 Å². The topological polar surface area (TPSA) is 29.4 Å². The molecular weight excluding hydrogens is 262 g/mol. The van der Waals surface area contributed by atoms with E-state index in [2.05, 4.69) is 11.8 Å². The zero-order valence-electron chi connectivity index (χ0n) is 1.53. The first-order chi connectivity index (χ1) is 1.41. The molecule has 4 heavy (non-hydrogen) atoms. The van der Waals surface area contributed by atoms with Crippen LogP contribution in [0.15, 0.2) is 4.70 Å². The number of hydrogen-bond donors (Lipinski definition) is 0. The van der Waals surface area contributed by atoms with E-state index in [9.17, 15) is 0 Å². The SMILES string of the molecule is O=NCl.[Au]. The zero-order chi connectivity index (χ0) is 2.71. The van der Waals surface area contributed by atoms with Crippen molar-refractivity contribution in [3.05, 3.63) is 4.91 Å². The normalized spacial score (nSPS) is 3.25. The van der Waals surface area contributed by atoms with E-state index in [1.54, 1.807) is 4.70 Å². The first-order valence-corrected chi connectivity index (χ1v) is 0.690. The van der Waals surface area contributed by atoms with Crippen LogP contribution in [-0.4, -0.2) is 0 Å². The summed E-state index contributed by atoms with van der Waals surface area (Å²) >= 11 is 4.07. The number of nitroso groups, excluding NO2 is 1. The smallest absolute Gasteiger partial charge is 0.0835 e. The molecule has 0 bridgehead atoms. The molecule has 0 aromatic heterocycles. The summed E-state index contributed by atoms with van der Waals surface area (Å²) in [5.41, 5.74) is 0. The molecule has 1 radical (unpaired) electrons. The Labute approximate surface area is 44.1 Å². The van der Waals surface area contributed by atoms with Crippen molar-refractivity contribution in [1.82, 2.24) is 0 Å². The molecule has 29 valence electrons. The Hall–Kier alpha value is 0.630. The number of halogens is 1. The quantitative estimate of drug-likeness (QED) is 0.471. The van der Waals surface area contributed by atoms with Crippen molar-refractivity contribution < 1.29 is 22.4 Å². The molecule has 0 aromatic rings. The summed E-state index contributed by atoms with van der Waals surface area (Å²) in [7, 11) is 0. The summed E-state index contributed by atoms with van der Waals surface area (Å²) in [6, 6.07) is 0. The third-order valence-corrected chi connectivity index (χ3v) is 0. The van der Waals surface area contributed by atoms with Gasteiger partial charge in [0.1, 0.15) is 0 Å². The van der Waals surface area contributed by atoms with Crippen LogP contribution in [0.5, 0.6) is 0 Å².